The molecule has 0 bridgehead atoms. The molecule has 1 amide bonds. The summed E-state index contributed by atoms with van der Waals surface area (Å²) < 4.78 is 5.34. The standard InChI is InChI=1S/C20H18Cl2N2O4/c21-14-5-6-15(22)18-17(14)20(27,19(26)23-18)11-16(25)12-1-3-13(4-2-12)24-7-9-28-10-8-24/h1-6,27H,7-11H2,(H,23,26)/t20-/m0/s1. The number of amides is 1. The van der Waals surface area contributed by atoms with E-state index < -0.39 is 17.9 Å². The Kier molecular flexibility index (Phi) is 5.05. The molecule has 146 valence electrons. The lowest BCUT2D eigenvalue weighted by Gasteiger charge is -2.29. The zero-order valence-electron chi connectivity index (χ0n) is 14.9. The van der Waals surface area contributed by atoms with Gasteiger partial charge in [-0.25, -0.2) is 0 Å². The minimum absolute atomic E-state index is 0.143. The molecule has 4 rings (SSSR count). The first-order chi connectivity index (χ1) is 13.4. The van der Waals surface area contributed by atoms with Gasteiger partial charge in [0.2, 0.25) is 0 Å². The molecule has 2 aliphatic rings. The highest BCUT2D eigenvalue weighted by atomic mass is 35.5. The van der Waals surface area contributed by atoms with Crippen molar-refractivity contribution in [2.45, 2.75) is 12.0 Å². The maximum atomic E-state index is 12.8. The lowest BCUT2D eigenvalue weighted by molar-refractivity contribution is -0.133. The summed E-state index contributed by atoms with van der Waals surface area (Å²) in [6, 6.07) is 10.1. The smallest absolute Gasteiger partial charge is 0.261 e. The molecule has 0 radical (unpaired) electrons. The summed E-state index contributed by atoms with van der Waals surface area (Å²) in [5, 5.41) is 14.0. The van der Waals surface area contributed by atoms with E-state index in [4.69, 9.17) is 27.9 Å². The third kappa shape index (κ3) is 3.26. The van der Waals surface area contributed by atoms with Crippen LogP contribution in [0.3, 0.4) is 0 Å². The van der Waals surface area contributed by atoms with Gasteiger partial charge in [0.05, 0.1) is 30.3 Å². The third-order valence-corrected chi connectivity index (χ3v) is 5.74. The number of nitrogens with one attached hydrogen (secondary N) is 1. The molecule has 2 heterocycles. The maximum absolute atomic E-state index is 12.8. The number of benzene rings is 2. The van der Waals surface area contributed by atoms with Gasteiger partial charge in [0, 0.05) is 34.9 Å². The van der Waals surface area contributed by atoms with E-state index in [1.54, 1.807) is 12.1 Å². The molecule has 1 atom stereocenters. The zero-order valence-corrected chi connectivity index (χ0v) is 16.4. The minimum atomic E-state index is -2.06. The van der Waals surface area contributed by atoms with Gasteiger partial charge in [0.15, 0.2) is 11.4 Å². The fourth-order valence-corrected chi connectivity index (χ4v) is 4.11. The summed E-state index contributed by atoms with van der Waals surface area (Å²) >= 11 is 12.3. The summed E-state index contributed by atoms with van der Waals surface area (Å²) in [7, 11) is 0. The molecule has 6 nitrogen and oxygen atoms in total. The van der Waals surface area contributed by atoms with Crippen LogP contribution in [0, 0.1) is 0 Å². The highest BCUT2D eigenvalue weighted by molar-refractivity contribution is 6.38. The molecule has 0 saturated carbocycles. The summed E-state index contributed by atoms with van der Waals surface area (Å²) in [5.74, 6) is -1.08. The molecule has 0 aliphatic carbocycles. The van der Waals surface area contributed by atoms with Crippen LogP contribution in [0.25, 0.3) is 0 Å². The average molecular weight is 421 g/mol. The van der Waals surface area contributed by atoms with E-state index in [0.717, 1.165) is 18.8 Å². The number of aliphatic hydroxyl groups is 1. The van der Waals surface area contributed by atoms with Crippen molar-refractivity contribution in [1.29, 1.82) is 0 Å². The third-order valence-electron chi connectivity index (χ3n) is 5.11. The number of fused-ring (bicyclic) bond motifs is 1. The molecule has 2 aromatic carbocycles. The summed E-state index contributed by atoms with van der Waals surface area (Å²) in [4.78, 5) is 27.4. The second-order valence-corrected chi connectivity index (χ2v) is 7.65. The van der Waals surface area contributed by atoms with Crippen LogP contribution in [-0.2, 0) is 15.1 Å². The highest BCUT2D eigenvalue weighted by Crippen LogP contribution is 2.46. The topological polar surface area (TPSA) is 78.9 Å². The number of morpholine rings is 1. The summed E-state index contributed by atoms with van der Waals surface area (Å²) in [5.41, 5.74) is -0.263. The molecule has 28 heavy (non-hydrogen) atoms. The second kappa shape index (κ2) is 7.37. The number of carbonyl (C=O) groups excluding carboxylic acids is 2. The quantitative estimate of drug-likeness (QED) is 0.742. The number of ketones is 1. The van der Waals surface area contributed by atoms with E-state index in [2.05, 4.69) is 10.2 Å². The predicted molar refractivity (Wildman–Crippen MR) is 107 cm³/mol. The van der Waals surface area contributed by atoms with Gasteiger partial charge in [-0.3, -0.25) is 9.59 Å². The van der Waals surface area contributed by atoms with Crippen molar-refractivity contribution in [3.63, 3.8) is 0 Å². The first-order valence-electron chi connectivity index (χ1n) is 8.88. The fourth-order valence-electron chi connectivity index (χ4n) is 3.59. The van der Waals surface area contributed by atoms with Gasteiger partial charge in [0.25, 0.3) is 5.91 Å². The SMILES string of the molecule is O=C(C[C@@]1(O)C(=O)Nc2c(Cl)ccc(Cl)c21)c1ccc(N2CCOCC2)cc1. The van der Waals surface area contributed by atoms with Crippen LogP contribution in [0.5, 0.6) is 0 Å². The molecule has 0 aromatic heterocycles. The number of hydrogen-bond donors (Lipinski definition) is 2. The lowest BCUT2D eigenvalue weighted by atomic mass is 9.88. The van der Waals surface area contributed by atoms with Crippen LogP contribution < -0.4 is 10.2 Å². The van der Waals surface area contributed by atoms with Gasteiger partial charge in [0.1, 0.15) is 0 Å². The Morgan fingerprint density at radius 3 is 2.43 bits per heavy atom. The first kappa shape index (κ1) is 19.2. The number of Topliss-reactive ketones (excluding diaryl/α,β-unsaturated/α-hetero) is 1. The number of nitrogens with zero attached hydrogens (tertiary/aromatic N) is 1. The number of halogens is 2. The van der Waals surface area contributed by atoms with Crippen molar-refractivity contribution in [2.75, 3.05) is 36.5 Å². The van der Waals surface area contributed by atoms with Crippen LogP contribution in [0.2, 0.25) is 10.0 Å². The normalized spacial score (nSPS) is 21.4. The van der Waals surface area contributed by atoms with Gasteiger partial charge in [-0.05, 0) is 36.4 Å². The number of carbonyl (C=O) groups is 2. The van der Waals surface area contributed by atoms with E-state index in [0.29, 0.717) is 18.8 Å². The van der Waals surface area contributed by atoms with Crippen LogP contribution in [0.1, 0.15) is 22.3 Å². The van der Waals surface area contributed by atoms with Gasteiger partial charge < -0.3 is 20.1 Å². The molecule has 2 N–H and O–H groups in total. The highest BCUT2D eigenvalue weighted by Gasteiger charge is 2.49. The predicted octanol–water partition coefficient (Wildman–Crippen LogP) is 3.24. The van der Waals surface area contributed by atoms with E-state index in [1.807, 2.05) is 12.1 Å². The molecule has 8 heteroatoms. The zero-order chi connectivity index (χ0) is 19.9. The Morgan fingerprint density at radius 2 is 1.75 bits per heavy atom. The van der Waals surface area contributed by atoms with Gasteiger partial charge >= 0.3 is 0 Å². The molecule has 2 aromatic rings. The van der Waals surface area contributed by atoms with Crippen LogP contribution >= 0.6 is 23.2 Å². The van der Waals surface area contributed by atoms with Crippen molar-refractivity contribution in [3.8, 4) is 0 Å². The Labute approximate surface area is 172 Å². The Morgan fingerprint density at radius 1 is 1.11 bits per heavy atom. The molecule has 0 spiro atoms. The molecule has 2 aliphatic heterocycles. The minimum Gasteiger partial charge on any atom is -0.378 e. The Hall–Kier alpha value is -2.12. The molecular formula is C20H18Cl2N2O4. The Balaban J connectivity index is 1.57. The number of ether oxygens (including phenoxy) is 1. The van der Waals surface area contributed by atoms with Gasteiger partial charge in [-0.15, -0.1) is 0 Å². The summed E-state index contributed by atoms with van der Waals surface area (Å²) in [6.45, 7) is 2.93. The van der Waals surface area contributed by atoms with E-state index in [1.165, 1.54) is 12.1 Å². The number of rotatable bonds is 4. The Bertz CT molecular complexity index is 942. The van der Waals surface area contributed by atoms with Crippen LogP contribution in [0.15, 0.2) is 36.4 Å². The average Bonchev–Trinajstić information content (AvgIpc) is 2.97. The number of anilines is 2. The maximum Gasteiger partial charge on any atom is 0.261 e. The summed E-state index contributed by atoms with van der Waals surface area (Å²) in [6.07, 6.45) is -0.428. The second-order valence-electron chi connectivity index (χ2n) is 6.84. The van der Waals surface area contributed by atoms with Gasteiger partial charge in [-0.2, -0.15) is 0 Å². The van der Waals surface area contributed by atoms with Crippen LogP contribution in [-0.4, -0.2) is 43.1 Å². The molecule has 1 saturated heterocycles. The monoisotopic (exact) mass is 420 g/mol. The van der Waals surface area contributed by atoms with Crippen molar-refractivity contribution in [1.82, 2.24) is 0 Å². The fraction of sp³-hybridized carbons (Fsp3) is 0.300. The van der Waals surface area contributed by atoms with E-state index >= 15 is 0 Å². The molecular weight excluding hydrogens is 403 g/mol. The largest absolute Gasteiger partial charge is 0.378 e. The first-order valence-corrected chi connectivity index (χ1v) is 9.64. The molecule has 0 unspecified atom stereocenters. The van der Waals surface area contributed by atoms with Crippen molar-refractivity contribution in [3.05, 3.63) is 57.6 Å². The van der Waals surface area contributed by atoms with Crippen molar-refractivity contribution in [2.24, 2.45) is 0 Å². The molecule has 1 fully saturated rings. The van der Waals surface area contributed by atoms with Crippen molar-refractivity contribution < 1.29 is 19.4 Å². The van der Waals surface area contributed by atoms with Crippen LogP contribution in [0.4, 0.5) is 11.4 Å². The van der Waals surface area contributed by atoms with Gasteiger partial charge in [-0.1, -0.05) is 23.2 Å². The van der Waals surface area contributed by atoms with E-state index in [-0.39, 0.29) is 27.1 Å². The van der Waals surface area contributed by atoms with E-state index in [9.17, 15) is 14.7 Å². The lowest BCUT2D eigenvalue weighted by Crippen LogP contribution is -2.37. The number of hydrogen-bond acceptors (Lipinski definition) is 5. The van der Waals surface area contributed by atoms with Crippen molar-refractivity contribution >= 4 is 46.3 Å².